The van der Waals surface area contributed by atoms with E-state index in [4.69, 9.17) is 6.42 Å². The van der Waals surface area contributed by atoms with Gasteiger partial charge in [-0.1, -0.05) is 52.1 Å². The van der Waals surface area contributed by atoms with Crippen molar-refractivity contribution in [3.8, 4) is 24.2 Å². The Kier molecular flexibility index (Phi) is 3.84. The summed E-state index contributed by atoms with van der Waals surface area (Å²) in [6.07, 6.45) is 5.23. The smallest absolute Gasteiger partial charge is 0.0613 e. The SMILES string of the molecule is C#CC#CC(C)([Si](C)(C)C)[Si](C)(C)C. The molecule has 0 atom stereocenters. The molecule has 0 aliphatic rings. The van der Waals surface area contributed by atoms with Crippen LogP contribution in [0, 0.1) is 24.2 Å². The monoisotopic (exact) mass is 222 g/mol. The highest BCUT2D eigenvalue weighted by atomic mass is 28.4. The molecule has 0 spiro atoms. The molecule has 0 aliphatic heterocycles. The van der Waals surface area contributed by atoms with Crippen LogP contribution in [0.25, 0.3) is 0 Å². The van der Waals surface area contributed by atoms with Crippen molar-refractivity contribution in [2.24, 2.45) is 0 Å². The average Bonchev–Trinajstić information content (AvgIpc) is 1.95. The lowest BCUT2D eigenvalue weighted by Crippen LogP contribution is -2.51. The summed E-state index contributed by atoms with van der Waals surface area (Å²) < 4.78 is 0.201. The van der Waals surface area contributed by atoms with Crippen molar-refractivity contribution in [1.29, 1.82) is 0 Å². The van der Waals surface area contributed by atoms with Crippen LogP contribution in [-0.2, 0) is 0 Å². The molecule has 0 nitrogen and oxygen atoms in total. The third-order valence-corrected chi connectivity index (χ3v) is 14.1. The highest BCUT2D eigenvalue weighted by Crippen LogP contribution is 2.45. The first-order chi connectivity index (χ1) is 6.06. The highest BCUT2D eigenvalue weighted by molar-refractivity contribution is 6.99. The predicted molar refractivity (Wildman–Crippen MR) is 71.7 cm³/mol. The zero-order chi connectivity index (χ0) is 11.6. The van der Waals surface area contributed by atoms with Gasteiger partial charge in [-0.05, 0) is 11.8 Å². The van der Waals surface area contributed by atoms with Crippen LogP contribution in [0.15, 0.2) is 0 Å². The molecule has 2 heteroatoms. The van der Waals surface area contributed by atoms with Gasteiger partial charge in [0.2, 0.25) is 0 Å². The first kappa shape index (κ1) is 13.6. The second-order valence-corrected chi connectivity index (χ2v) is 17.5. The lowest BCUT2D eigenvalue weighted by Gasteiger charge is -2.45. The summed E-state index contributed by atoms with van der Waals surface area (Å²) >= 11 is 0. The van der Waals surface area contributed by atoms with Gasteiger partial charge in [0.05, 0.1) is 16.1 Å². The first-order valence-electron chi connectivity index (χ1n) is 5.04. The van der Waals surface area contributed by atoms with Gasteiger partial charge in [-0.15, -0.1) is 6.42 Å². The molecule has 78 valence electrons. The van der Waals surface area contributed by atoms with E-state index in [1.54, 1.807) is 0 Å². The Labute approximate surface area is 91.5 Å². The third kappa shape index (κ3) is 2.53. The van der Waals surface area contributed by atoms with Gasteiger partial charge in [0.15, 0.2) is 0 Å². The molecule has 0 bridgehead atoms. The molecule has 0 radical (unpaired) electrons. The van der Waals surface area contributed by atoms with Crippen molar-refractivity contribution in [2.75, 3.05) is 0 Å². The molecular weight excluding hydrogens is 200 g/mol. The van der Waals surface area contributed by atoms with Crippen molar-refractivity contribution in [3.05, 3.63) is 0 Å². The maximum atomic E-state index is 5.23. The van der Waals surface area contributed by atoms with Gasteiger partial charge in [-0.25, -0.2) is 0 Å². The lowest BCUT2D eigenvalue weighted by atomic mass is 10.4. The molecule has 0 unspecified atom stereocenters. The summed E-state index contributed by atoms with van der Waals surface area (Å²) in [5, 5.41) is 0. The lowest BCUT2D eigenvalue weighted by molar-refractivity contribution is 0.998. The molecule has 0 aromatic heterocycles. The maximum Gasteiger partial charge on any atom is 0.0613 e. The number of rotatable bonds is 2. The van der Waals surface area contributed by atoms with Crippen molar-refractivity contribution in [2.45, 2.75) is 50.9 Å². The van der Waals surface area contributed by atoms with Crippen LogP contribution in [0.2, 0.25) is 43.9 Å². The fourth-order valence-corrected chi connectivity index (χ4v) is 11.5. The summed E-state index contributed by atoms with van der Waals surface area (Å²) in [5.74, 6) is 8.66. The van der Waals surface area contributed by atoms with Gasteiger partial charge in [0.25, 0.3) is 0 Å². The molecule has 14 heavy (non-hydrogen) atoms. The summed E-state index contributed by atoms with van der Waals surface area (Å²) in [5.41, 5.74) is 0. The van der Waals surface area contributed by atoms with Crippen LogP contribution in [0.1, 0.15) is 6.92 Å². The van der Waals surface area contributed by atoms with E-state index in [0.29, 0.717) is 0 Å². The second kappa shape index (κ2) is 3.97. The molecule has 0 aromatic carbocycles. The summed E-state index contributed by atoms with van der Waals surface area (Å²) in [7, 11) is -2.58. The van der Waals surface area contributed by atoms with Crippen LogP contribution >= 0.6 is 0 Å². The molecule has 0 aliphatic carbocycles. The molecule has 0 N–H and O–H groups in total. The Bertz CT molecular complexity index is 282. The van der Waals surface area contributed by atoms with Gasteiger partial charge in [0.1, 0.15) is 0 Å². The quantitative estimate of drug-likeness (QED) is 0.495. The molecule has 0 saturated carbocycles. The largest absolute Gasteiger partial charge is 0.106 e. The van der Waals surface area contributed by atoms with E-state index >= 15 is 0 Å². The zero-order valence-corrected chi connectivity index (χ0v) is 12.6. The van der Waals surface area contributed by atoms with Crippen molar-refractivity contribution in [1.82, 2.24) is 0 Å². The fraction of sp³-hybridized carbons (Fsp3) is 0.667. The van der Waals surface area contributed by atoms with E-state index in [1.165, 1.54) is 0 Å². The molecule has 0 rings (SSSR count). The Hall–Kier alpha value is -0.446. The molecule has 0 amide bonds. The number of hydrogen-bond acceptors (Lipinski definition) is 0. The van der Waals surface area contributed by atoms with E-state index in [-0.39, 0.29) is 4.66 Å². The maximum absolute atomic E-state index is 5.23. The molecule has 0 fully saturated rings. The Morgan fingerprint density at radius 2 is 1.29 bits per heavy atom. The Morgan fingerprint density at radius 1 is 0.929 bits per heavy atom. The zero-order valence-electron chi connectivity index (χ0n) is 10.6. The van der Waals surface area contributed by atoms with Gasteiger partial charge >= 0.3 is 0 Å². The van der Waals surface area contributed by atoms with E-state index < -0.39 is 16.1 Å². The normalized spacial score (nSPS) is 12.7. The average molecular weight is 222 g/mol. The molecular formula is C12H22Si2. The summed E-state index contributed by atoms with van der Waals surface area (Å²) in [4.78, 5) is 0. The summed E-state index contributed by atoms with van der Waals surface area (Å²) in [6, 6.07) is 0. The minimum Gasteiger partial charge on any atom is -0.106 e. The van der Waals surface area contributed by atoms with Crippen LogP contribution in [0.4, 0.5) is 0 Å². The van der Waals surface area contributed by atoms with Crippen LogP contribution in [0.5, 0.6) is 0 Å². The van der Waals surface area contributed by atoms with Gasteiger partial charge in [-0.2, -0.15) is 0 Å². The van der Waals surface area contributed by atoms with Gasteiger partial charge in [0, 0.05) is 4.66 Å². The van der Waals surface area contributed by atoms with E-state index in [9.17, 15) is 0 Å². The first-order valence-corrected chi connectivity index (χ1v) is 12.0. The van der Waals surface area contributed by atoms with E-state index in [1.807, 2.05) is 0 Å². The van der Waals surface area contributed by atoms with Crippen LogP contribution in [0.3, 0.4) is 0 Å². The predicted octanol–water partition coefficient (Wildman–Crippen LogP) is 3.60. The van der Waals surface area contributed by atoms with E-state index in [0.717, 1.165) is 0 Å². The van der Waals surface area contributed by atoms with Gasteiger partial charge < -0.3 is 0 Å². The number of hydrogen-bond donors (Lipinski definition) is 0. The second-order valence-electron chi connectivity index (χ2n) is 6.02. The van der Waals surface area contributed by atoms with Crippen LogP contribution in [-0.4, -0.2) is 16.1 Å². The Balaban J connectivity index is 5.43. The van der Waals surface area contributed by atoms with Crippen molar-refractivity contribution < 1.29 is 0 Å². The highest BCUT2D eigenvalue weighted by Gasteiger charge is 2.47. The minimum absolute atomic E-state index is 0.201. The Morgan fingerprint density at radius 3 is 1.50 bits per heavy atom. The molecule has 0 heterocycles. The topological polar surface area (TPSA) is 0 Å². The van der Waals surface area contributed by atoms with Gasteiger partial charge in [-0.3, -0.25) is 0 Å². The minimum atomic E-state index is -1.29. The van der Waals surface area contributed by atoms with Crippen LogP contribution < -0.4 is 0 Å². The van der Waals surface area contributed by atoms with E-state index in [2.05, 4.69) is 64.0 Å². The molecule has 0 aromatic rings. The third-order valence-electron chi connectivity index (χ3n) is 3.38. The summed E-state index contributed by atoms with van der Waals surface area (Å²) in [6.45, 7) is 16.6. The number of terminal acetylenes is 1. The fourth-order valence-electron chi connectivity index (χ4n) is 1.66. The molecule has 0 saturated heterocycles. The van der Waals surface area contributed by atoms with Crippen molar-refractivity contribution in [3.63, 3.8) is 0 Å². The standard InChI is InChI=1S/C12H22Si2/c1-9-10-11-12(2,13(3,4)5)14(6,7)8/h1H,2-8H3. The van der Waals surface area contributed by atoms with Crippen molar-refractivity contribution >= 4 is 16.1 Å².